The Balaban J connectivity index is 2.83. The van der Waals surface area contributed by atoms with E-state index < -0.39 is 0 Å². The molecule has 0 spiro atoms. The summed E-state index contributed by atoms with van der Waals surface area (Å²) in [4.78, 5) is 11.6. The number of carbonyl (C=O) groups excluding carboxylic acids is 1. The molecule has 1 atom stereocenters. The molecule has 0 bridgehead atoms. The molecule has 0 fully saturated rings. The van der Waals surface area contributed by atoms with Crippen molar-refractivity contribution in [2.75, 3.05) is 12.4 Å². The number of rotatable bonds is 7. The molecule has 0 aromatic heterocycles. The highest BCUT2D eigenvalue weighted by atomic mass is 79.9. The van der Waals surface area contributed by atoms with Gasteiger partial charge in [0, 0.05) is 10.7 Å². The van der Waals surface area contributed by atoms with Crippen LogP contribution in [0.25, 0.3) is 0 Å². The Labute approximate surface area is 118 Å². The van der Waals surface area contributed by atoms with Gasteiger partial charge in [-0.15, -0.1) is 0 Å². The Hall–Kier alpha value is -0.830. The number of ether oxygens (including phenoxy) is 1. The van der Waals surface area contributed by atoms with Crippen LogP contribution < -0.4 is 0 Å². The first-order valence-electron chi connectivity index (χ1n) is 6.31. The summed E-state index contributed by atoms with van der Waals surface area (Å²) in [7, 11) is 1.45. The van der Waals surface area contributed by atoms with Gasteiger partial charge >= 0.3 is 5.97 Å². The van der Waals surface area contributed by atoms with Crippen molar-refractivity contribution < 1.29 is 9.53 Å². The third-order valence-corrected chi connectivity index (χ3v) is 3.91. The van der Waals surface area contributed by atoms with E-state index in [1.807, 2.05) is 18.2 Å². The molecule has 0 radical (unpaired) electrons. The highest BCUT2D eigenvalue weighted by Gasteiger charge is 2.29. The van der Waals surface area contributed by atoms with Crippen LogP contribution in [-0.4, -0.2) is 18.4 Å². The molecule has 100 valence electrons. The smallest absolute Gasteiger partial charge is 0.306 e. The largest absolute Gasteiger partial charge is 0.469 e. The number of alkyl halides is 1. The molecule has 1 aromatic carbocycles. The van der Waals surface area contributed by atoms with E-state index in [1.54, 1.807) is 0 Å². The predicted octanol–water partition coefficient (Wildman–Crippen LogP) is 4.07. The Morgan fingerprint density at radius 3 is 2.50 bits per heavy atom. The molecule has 1 rings (SSSR count). The van der Waals surface area contributed by atoms with Crippen LogP contribution in [0.2, 0.25) is 0 Å². The molecule has 0 aliphatic carbocycles. The lowest BCUT2D eigenvalue weighted by Crippen LogP contribution is -2.26. The average molecular weight is 313 g/mol. The second-order valence-electron chi connectivity index (χ2n) is 4.83. The SMILES string of the molecule is COC(=O)CC(C)(CCCCBr)c1ccccc1. The van der Waals surface area contributed by atoms with E-state index in [1.165, 1.54) is 12.7 Å². The summed E-state index contributed by atoms with van der Waals surface area (Å²) >= 11 is 3.45. The van der Waals surface area contributed by atoms with Gasteiger partial charge in [-0.1, -0.05) is 59.6 Å². The molecule has 18 heavy (non-hydrogen) atoms. The molecular weight excluding hydrogens is 292 g/mol. The fourth-order valence-corrected chi connectivity index (χ4v) is 2.57. The van der Waals surface area contributed by atoms with Gasteiger partial charge < -0.3 is 4.74 Å². The summed E-state index contributed by atoms with van der Waals surface area (Å²) in [6.07, 6.45) is 3.67. The summed E-state index contributed by atoms with van der Waals surface area (Å²) in [5, 5.41) is 1.01. The van der Waals surface area contributed by atoms with Crippen LogP contribution in [0.3, 0.4) is 0 Å². The summed E-state index contributed by atoms with van der Waals surface area (Å²) in [5.41, 5.74) is 1.08. The zero-order valence-electron chi connectivity index (χ0n) is 11.1. The van der Waals surface area contributed by atoms with Crippen LogP contribution >= 0.6 is 15.9 Å². The van der Waals surface area contributed by atoms with Crippen LogP contribution in [-0.2, 0) is 14.9 Å². The first-order chi connectivity index (χ1) is 8.62. The van der Waals surface area contributed by atoms with E-state index in [4.69, 9.17) is 4.74 Å². The summed E-state index contributed by atoms with van der Waals surface area (Å²) in [6.45, 7) is 2.15. The molecular formula is C15H21BrO2. The third kappa shape index (κ3) is 4.45. The van der Waals surface area contributed by atoms with Crippen molar-refractivity contribution >= 4 is 21.9 Å². The number of methoxy groups -OCH3 is 1. The zero-order chi connectivity index (χ0) is 13.4. The second kappa shape index (κ2) is 7.57. The van der Waals surface area contributed by atoms with E-state index in [0.717, 1.165) is 24.6 Å². The first kappa shape index (κ1) is 15.2. The highest BCUT2D eigenvalue weighted by molar-refractivity contribution is 9.09. The second-order valence-corrected chi connectivity index (χ2v) is 5.62. The van der Waals surface area contributed by atoms with E-state index in [0.29, 0.717) is 6.42 Å². The average Bonchev–Trinajstić information content (AvgIpc) is 2.40. The fraction of sp³-hybridized carbons (Fsp3) is 0.533. The van der Waals surface area contributed by atoms with E-state index in [2.05, 4.69) is 35.0 Å². The van der Waals surface area contributed by atoms with Crippen LogP contribution in [0.4, 0.5) is 0 Å². The normalized spacial score (nSPS) is 13.9. The first-order valence-corrected chi connectivity index (χ1v) is 7.43. The zero-order valence-corrected chi connectivity index (χ0v) is 12.7. The standard InChI is InChI=1S/C15H21BrO2/c1-15(10-6-7-11-16,12-14(17)18-2)13-8-4-3-5-9-13/h3-5,8-9H,6-7,10-12H2,1-2H3. The molecule has 3 heteroatoms. The Morgan fingerprint density at radius 2 is 1.94 bits per heavy atom. The number of carbonyl (C=O) groups is 1. The van der Waals surface area contributed by atoms with Gasteiger partial charge in [0.2, 0.25) is 0 Å². The van der Waals surface area contributed by atoms with Crippen molar-refractivity contribution in [1.82, 2.24) is 0 Å². The van der Waals surface area contributed by atoms with Gasteiger partial charge in [-0.3, -0.25) is 4.79 Å². The summed E-state index contributed by atoms with van der Waals surface area (Å²) in [6, 6.07) is 10.2. The van der Waals surface area contributed by atoms with Gasteiger partial charge in [0.25, 0.3) is 0 Å². The van der Waals surface area contributed by atoms with Crippen LogP contribution in [0, 0.1) is 0 Å². The molecule has 0 heterocycles. The van der Waals surface area contributed by atoms with Crippen molar-refractivity contribution in [3.05, 3.63) is 35.9 Å². The van der Waals surface area contributed by atoms with Crippen LogP contribution in [0.15, 0.2) is 30.3 Å². The van der Waals surface area contributed by atoms with Gasteiger partial charge in [-0.25, -0.2) is 0 Å². The van der Waals surface area contributed by atoms with Crippen LogP contribution in [0.1, 0.15) is 38.2 Å². The lowest BCUT2D eigenvalue weighted by molar-refractivity contribution is -0.142. The van der Waals surface area contributed by atoms with Crippen molar-refractivity contribution in [2.24, 2.45) is 0 Å². The third-order valence-electron chi connectivity index (χ3n) is 3.35. The van der Waals surface area contributed by atoms with Crippen molar-refractivity contribution in [1.29, 1.82) is 0 Å². The molecule has 0 amide bonds. The summed E-state index contributed by atoms with van der Waals surface area (Å²) < 4.78 is 4.83. The van der Waals surface area contributed by atoms with Gasteiger partial charge in [-0.2, -0.15) is 0 Å². The molecule has 0 saturated heterocycles. The minimum absolute atomic E-state index is 0.128. The van der Waals surface area contributed by atoms with E-state index in [-0.39, 0.29) is 11.4 Å². The number of unbranched alkanes of at least 4 members (excludes halogenated alkanes) is 1. The maximum Gasteiger partial charge on any atom is 0.306 e. The molecule has 0 aliphatic rings. The molecule has 2 nitrogen and oxygen atoms in total. The number of hydrogen-bond donors (Lipinski definition) is 0. The van der Waals surface area contributed by atoms with Gasteiger partial charge in [-0.05, 0) is 18.4 Å². The molecule has 1 aromatic rings. The predicted molar refractivity (Wildman–Crippen MR) is 78.1 cm³/mol. The number of hydrogen-bond acceptors (Lipinski definition) is 2. The Kier molecular flexibility index (Phi) is 6.41. The lowest BCUT2D eigenvalue weighted by atomic mass is 9.75. The highest BCUT2D eigenvalue weighted by Crippen LogP contribution is 2.33. The number of esters is 1. The van der Waals surface area contributed by atoms with Crippen molar-refractivity contribution in [3.63, 3.8) is 0 Å². The molecule has 0 N–H and O–H groups in total. The van der Waals surface area contributed by atoms with Gasteiger partial charge in [0.05, 0.1) is 13.5 Å². The van der Waals surface area contributed by atoms with E-state index >= 15 is 0 Å². The minimum Gasteiger partial charge on any atom is -0.469 e. The van der Waals surface area contributed by atoms with E-state index in [9.17, 15) is 4.79 Å². The van der Waals surface area contributed by atoms with Crippen molar-refractivity contribution in [2.45, 2.75) is 38.0 Å². The monoisotopic (exact) mass is 312 g/mol. The number of benzene rings is 1. The minimum atomic E-state index is -0.139. The van der Waals surface area contributed by atoms with Crippen LogP contribution in [0.5, 0.6) is 0 Å². The molecule has 0 aliphatic heterocycles. The van der Waals surface area contributed by atoms with Gasteiger partial charge in [0.1, 0.15) is 0 Å². The van der Waals surface area contributed by atoms with Gasteiger partial charge in [0.15, 0.2) is 0 Å². The topological polar surface area (TPSA) is 26.3 Å². The molecule has 0 saturated carbocycles. The Morgan fingerprint density at radius 1 is 1.28 bits per heavy atom. The number of halogens is 1. The fourth-order valence-electron chi connectivity index (χ4n) is 2.18. The summed E-state index contributed by atoms with van der Waals surface area (Å²) in [5.74, 6) is -0.139. The van der Waals surface area contributed by atoms with Crippen molar-refractivity contribution in [3.8, 4) is 0 Å². The Bertz CT molecular complexity index is 364. The quantitative estimate of drug-likeness (QED) is 0.431. The lowest BCUT2D eigenvalue weighted by Gasteiger charge is -2.29. The maximum atomic E-state index is 11.6. The molecule has 1 unspecified atom stereocenters. The maximum absolute atomic E-state index is 11.6.